The van der Waals surface area contributed by atoms with E-state index in [1.165, 1.54) is 0 Å². The summed E-state index contributed by atoms with van der Waals surface area (Å²) >= 11 is 0. The van der Waals surface area contributed by atoms with Gasteiger partial charge in [0.05, 0.1) is 6.10 Å². The van der Waals surface area contributed by atoms with Crippen molar-refractivity contribution in [3.63, 3.8) is 0 Å². The van der Waals surface area contributed by atoms with E-state index in [1.54, 1.807) is 6.20 Å². The average Bonchev–Trinajstić information content (AvgIpc) is 2.28. The Hall–Kier alpha value is -1.13. The van der Waals surface area contributed by atoms with Crippen molar-refractivity contribution in [2.75, 3.05) is 19.4 Å². The number of nitrogens with two attached hydrogens (primary N) is 1. The van der Waals surface area contributed by atoms with Crippen LogP contribution in [0, 0.1) is 0 Å². The minimum atomic E-state index is 0.162. The Kier molecular flexibility index (Phi) is 5.22. The lowest BCUT2D eigenvalue weighted by molar-refractivity contribution is 0.0497. The largest absolute Gasteiger partial charge is 0.383 e. The maximum Gasteiger partial charge on any atom is 0.126 e. The quantitative estimate of drug-likeness (QED) is 0.761. The molecule has 0 aliphatic rings. The molecule has 0 amide bonds. The van der Waals surface area contributed by atoms with E-state index in [0.29, 0.717) is 5.82 Å². The summed E-state index contributed by atoms with van der Waals surface area (Å²) in [7, 11) is 1.94. The monoisotopic (exact) mass is 223 g/mol. The van der Waals surface area contributed by atoms with Gasteiger partial charge in [0.1, 0.15) is 5.82 Å². The molecule has 16 heavy (non-hydrogen) atoms. The van der Waals surface area contributed by atoms with Gasteiger partial charge in [0.15, 0.2) is 0 Å². The third-order valence-electron chi connectivity index (χ3n) is 2.73. The molecule has 1 heterocycles. The molecule has 0 aromatic carbocycles. The van der Waals surface area contributed by atoms with Crippen molar-refractivity contribution < 1.29 is 4.74 Å². The SMILES string of the molecule is CCOC(C)C(Cc1cccnc1N)NC. The third-order valence-corrected chi connectivity index (χ3v) is 2.73. The maximum atomic E-state index is 5.82. The van der Waals surface area contributed by atoms with Gasteiger partial charge < -0.3 is 15.8 Å². The number of aromatic nitrogens is 1. The second-order valence-corrected chi connectivity index (χ2v) is 3.81. The van der Waals surface area contributed by atoms with Crippen LogP contribution >= 0.6 is 0 Å². The van der Waals surface area contributed by atoms with Gasteiger partial charge in [-0.25, -0.2) is 4.98 Å². The highest BCUT2D eigenvalue weighted by molar-refractivity contribution is 5.38. The number of hydrogen-bond acceptors (Lipinski definition) is 4. The molecule has 1 rings (SSSR count). The van der Waals surface area contributed by atoms with Gasteiger partial charge in [-0.15, -0.1) is 0 Å². The Morgan fingerprint density at radius 2 is 2.31 bits per heavy atom. The Morgan fingerprint density at radius 3 is 2.88 bits per heavy atom. The zero-order chi connectivity index (χ0) is 12.0. The summed E-state index contributed by atoms with van der Waals surface area (Å²) in [6.45, 7) is 4.79. The molecule has 1 aromatic rings. The van der Waals surface area contributed by atoms with Crippen LogP contribution in [0.15, 0.2) is 18.3 Å². The Morgan fingerprint density at radius 1 is 1.56 bits per heavy atom. The van der Waals surface area contributed by atoms with Crippen LogP contribution in [0.2, 0.25) is 0 Å². The van der Waals surface area contributed by atoms with Crippen molar-refractivity contribution in [2.45, 2.75) is 32.4 Å². The minimum absolute atomic E-state index is 0.162. The first-order chi connectivity index (χ1) is 7.69. The topological polar surface area (TPSA) is 60.2 Å². The van der Waals surface area contributed by atoms with E-state index in [2.05, 4.69) is 17.2 Å². The van der Waals surface area contributed by atoms with Gasteiger partial charge in [-0.05, 0) is 38.9 Å². The molecule has 0 saturated heterocycles. The Bertz CT molecular complexity index is 317. The number of ether oxygens (including phenoxy) is 1. The summed E-state index contributed by atoms with van der Waals surface area (Å²) in [6.07, 6.45) is 2.70. The highest BCUT2D eigenvalue weighted by Gasteiger charge is 2.17. The second kappa shape index (κ2) is 6.45. The Balaban J connectivity index is 2.66. The van der Waals surface area contributed by atoms with E-state index in [4.69, 9.17) is 10.5 Å². The van der Waals surface area contributed by atoms with Crippen LogP contribution in [0.3, 0.4) is 0 Å². The molecule has 0 aliphatic carbocycles. The number of likely N-dealkylation sites (N-methyl/N-ethyl adjacent to an activating group) is 1. The fraction of sp³-hybridized carbons (Fsp3) is 0.583. The van der Waals surface area contributed by atoms with E-state index >= 15 is 0 Å². The zero-order valence-electron chi connectivity index (χ0n) is 10.2. The Labute approximate surface area is 97.2 Å². The summed E-state index contributed by atoms with van der Waals surface area (Å²) < 4.78 is 5.58. The van der Waals surface area contributed by atoms with Crippen LogP contribution in [-0.2, 0) is 11.2 Å². The van der Waals surface area contributed by atoms with Crippen molar-refractivity contribution >= 4 is 5.82 Å². The van der Waals surface area contributed by atoms with Crippen molar-refractivity contribution in [3.05, 3.63) is 23.9 Å². The average molecular weight is 223 g/mol. The number of rotatable bonds is 6. The van der Waals surface area contributed by atoms with Crippen LogP contribution in [0.4, 0.5) is 5.82 Å². The lowest BCUT2D eigenvalue weighted by Gasteiger charge is -2.23. The van der Waals surface area contributed by atoms with E-state index < -0.39 is 0 Å². The number of hydrogen-bond donors (Lipinski definition) is 2. The van der Waals surface area contributed by atoms with Crippen LogP contribution in [0.5, 0.6) is 0 Å². The highest BCUT2D eigenvalue weighted by atomic mass is 16.5. The zero-order valence-corrected chi connectivity index (χ0v) is 10.2. The van der Waals surface area contributed by atoms with Crippen LogP contribution in [-0.4, -0.2) is 30.8 Å². The van der Waals surface area contributed by atoms with E-state index in [9.17, 15) is 0 Å². The number of nitrogens with one attached hydrogen (secondary N) is 1. The molecular formula is C12H21N3O. The fourth-order valence-corrected chi connectivity index (χ4v) is 1.74. The molecule has 1 aromatic heterocycles. The molecule has 0 bridgehead atoms. The molecule has 90 valence electrons. The summed E-state index contributed by atoms with van der Waals surface area (Å²) in [5, 5.41) is 3.25. The van der Waals surface area contributed by atoms with Crippen LogP contribution in [0.1, 0.15) is 19.4 Å². The van der Waals surface area contributed by atoms with Gasteiger partial charge >= 0.3 is 0 Å². The number of nitrogens with zero attached hydrogens (tertiary/aromatic N) is 1. The lowest BCUT2D eigenvalue weighted by atomic mass is 10.0. The minimum Gasteiger partial charge on any atom is -0.383 e. The normalized spacial score (nSPS) is 14.7. The van der Waals surface area contributed by atoms with E-state index in [1.807, 2.05) is 26.1 Å². The molecule has 4 heteroatoms. The molecule has 0 aliphatic heterocycles. The predicted molar refractivity (Wildman–Crippen MR) is 66.3 cm³/mol. The van der Waals surface area contributed by atoms with Crippen LogP contribution in [0.25, 0.3) is 0 Å². The maximum absolute atomic E-state index is 5.82. The smallest absolute Gasteiger partial charge is 0.126 e. The van der Waals surface area contributed by atoms with Crippen molar-refractivity contribution in [1.29, 1.82) is 0 Å². The number of anilines is 1. The number of nitrogen functional groups attached to an aromatic ring is 1. The lowest BCUT2D eigenvalue weighted by Crippen LogP contribution is -2.39. The molecule has 0 radical (unpaired) electrons. The summed E-state index contributed by atoms with van der Waals surface area (Å²) in [4.78, 5) is 4.08. The summed E-state index contributed by atoms with van der Waals surface area (Å²) in [5.74, 6) is 0.603. The highest BCUT2D eigenvalue weighted by Crippen LogP contribution is 2.12. The van der Waals surface area contributed by atoms with Crippen molar-refractivity contribution in [3.8, 4) is 0 Å². The van der Waals surface area contributed by atoms with Gasteiger partial charge in [-0.3, -0.25) is 0 Å². The summed E-state index contributed by atoms with van der Waals surface area (Å²) in [6, 6.07) is 4.17. The fourth-order valence-electron chi connectivity index (χ4n) is 1.74. The molecule has 2 atom stereocenters. The van der Waals surface area contributed by atoms with E-state index in [-0.39, 0.29) is 12.1 Å². The van der Waals surface area contributed by atoms with Gasteiger partial charge in [-0.1, -0.05) is 6.07 Å². The van der Waals surface area contributed by atoms with Gasteiger partial charge in [0.2, 0.25) is 0 Å². The first kappa shape index (κ1) is 12.9. The van der Waals surface area contributed by atoms with Crippen molar-refractivity contribution in [2.24, 2.45) is 0 Å². The van der Waals surface area contributed by atoms with Crippen molar-refractivity contribution in [1.82, 2.24) is 10.3 Å². The molecular weight excluding hydrogens is 202 g/mol. The predicted octanol–water partition coefficient (Wildman–Crippen LogP) is 1.22. The standard InChI is InChI=1S/C12H21N3O/c1-4-16-9(2)11(14-3)8-10-6-5-7-15-12(10)13/h5-7,9,11,14H,4,8H2,1-3H3,(H2,13,15). The van der Waals surface area contributed by atoms with Gasteiger partial charge in [-0.2, -0.15) is 0 Å². The van der Waals surface area contributed by atoms with Crippen LogP contribution < -0.4 is 11.1 Å². The summed E-state index contributed by atoms with van der Waals surface area (Å²) in [5.41, 5.74) is 6.88. The molecule has 0 spiro atoms. The molecule has 2 unspecified atom stereocenters. The van der Waals surface area contributed by atoms with Gasteiger partial charge in [0.25, 0.3) is 0 Å². The molecule has 3 N–H and O–H groups in total. The van der Waals surface area contributed by atoms with Gasteiger partial charge in [0, 0.05) is 18.8 Å². The molecule has 0 saturated carbocycles. The number of pyridine rings is 1. The third kappa shape index (κ3) is 3.47. The first-order valence-corrected chi connectivity index (χ1v) is 5.67. The molecule has 0 fully saturated rings. The second-order valence-electron chi connectivity index (χ2n) is 3.81. The van der Waals surface area contributed by atoms with E-state index in [0.717, 1.165) is 18.6 Å². The molecule has 4 nitrogen and oxygen atoms in total. The first-order valence-electron chi connectivity index (χ1n) is 5.67.